The van der Waals surface area contributed by atoms with Crippen LogP contribution in [-0.4, -0.2) is 98.5 Å². The highest BCUT2D eigenvalue weighted by molar-refractivity contribution is 7.91. The van der Waals surface area contributed by atoms with Crippen molar-refractivity contribution in [1.29, 1.82) is 0 Å². The quantitative estimate of drug-likeness (QED) is 0.0664. The number of nitro benzene ring substituents is 1. The number of piperidine rings is 1. The molecule has 0 spiro atoms. The monoisotopic (exact) mass is 882 g/mol. The van der Waals surface area contributed by atoms with Gasteiger partial charge in [-0.1, -0.05) is 43.2 Å². The maximum Gasteiger partial charge on any atom is 0.332 e. The number of piperazine rings is 1. The second-order valence-corrected chi connectivity index (χ2v) is 20.3. The number of amides is 1. The molecule has 0 saturated carbocycles. The number of allylic oxidation sites excluding steroid dienone is 1. The molecule has 16 heteroatoms. The Hall–Kier alpha value is -5.32. The number of hydrogen-bond acceptors (Lipinski definition) is 10. The number of carbonyl (C=O) groups excluding carboxylic acids is 1. The number of aromatic amines is 1. The number of likely N-dealkylation sites (tertiary alicyclic amines) is 1. The maximum absolute atomic E-state index is 15.4. The van der Waals surface area contributed by atoms with E-state index in [9.17, 15) is 14.9 Å². The zero-order chi connectivity index (χ0) is 43.8. The molecule has 2 aliphatic heterocycles. The average Bonchev–Trinajstić information content (AvgIpc) is 3.72. The van der Waals surface area contributed by atoms with Crippen molar-refractivity contribution in [3.63, 3.8) is 0 Å². The summed E-state index contributed by atoms with van der Waals surface area (Å²) in [4.78, 5) is 36.5. The van der Waals surface area contributed by atoms with Gasteiger partial charge in [0, 0.05) is 54.4 Å². The normalized spacial score (nSPS) is 18.8. The first-order chi connectivity index (χ1) is 29.6. The summed E-state index contributed by atoms with van der Waals surface area (Å²) in [5.74, 6) is -0.110. The zero-order valence-electron chi connectivity index (χ0n) is 35.3. The van der Waals surface area contributed by atoms with Crippen LogP contribution in [0.5, 0.6) is 17.2 Å². The second kappa shape index (κ2) is 17.4. The summed E-state index contributed by atoms with van der Waals surface area (Å²) in [5.41, 5.74) is 10.3. The topological polar surface area (TPSA) is 174 Å². The van der Waals surface area contributed by atoms with E-state index in [0.29, 0.717) is 48.3 Å². The molecule has 0 unspecified atom stereocenters. The molecule has 62 heavy (non-hydrogen) atoms. The number of quaternary nitrogens is 1. The molecule has 3 aliphatic rings. The molecule has 5 aromatic rings. The number of nitrogens with zero attached hydrogens (tertiary/aromatic N) is 5. The van der Waals surface area contributed by atoms with E-state index in [2.05, 4.69) is 52.8 Å². The number of rotatable bonds is 13. The minimum atomic E-state index is -4.43. The Morgan fingerprint density at radius 2 is 1.76 bits per heavy atom. The van der Waals surface area contributed by atoms with Gasteiger partial charge in [-0.3, -0.25) is 19.8 Å². The van der Waals surface area contributed by atoms with Gasteiger partial charge in [-0.25, -0.2) is 4.98 Å². The van der Waals surface area contributed by atoms with E-state index in [1.807, 2.05) is 18.2 Å². The van der Waals surface area contributed by atoms with E-state index < -0.39 is 30.4 Å². The number of nitro groups is 1. The van der Waals surface area contributed by atoms with Gasteiger partial charge in [-0.15, -0.1) is 0 Å². The second-order valence-electron chi connectivity index (χ2n) is 17.7. The van der Waals surface area contributed by atoms with Crippen LogP contribution in [-0.2, 0) is 10.0 Å². The molecule has 0 bridgehead atoms. The molecule has 0 atom stereocenters. The van der Waals surface area contributed by atoms with Crippen molar-refractivity contribution in [2.24, 2.45) is 17.1 Å². The Morgan fingerprint density at radius 1 is 1.02 bits per heavy atom. The van der Waals surface area contributed by atoms with Gasteiger partial charge < -0.3 is 25.1 Å². The number of fused-ring (bicyclic) bond motifs is 1. The summed E-state index contributed by atoms with van der Waals surface area (Å²) in [6, 6.07) is 20.1. The molecule has 3 aromatic carbocycles. The molecule has 2 saturated heterocycles. The number of nitrogens with one attached hydrogen (secondary N) is 1. The van der Waals surface area contributed by atoms with E-state index in [-0.39, 0.29) is 46.4 Å². The lowest BCUT2D eigenvalue weighted by Crippen LogP contribution is -2.63. The van der Waals surface area contributed by atoms with Crippen molar-refractivity contribution >= 4 is 55.5 Å². The molecule has 8 rings (SSSR count). The summed E-state index contributed by atoms with van der Waals surface area (Å²) in [6.45, 7) is 8.34. The highest BCUT2D eigenvalue weighted by Crippen LogP contribution is 2.45. The molecule has 1 amide bonds. The van der Waals surface area contributed by atoms with Crippen LogP contribution in [0.4, 0.5) is 11.4 Å². The molecule has 1 aliphatic carbocycles. The highest BCUT2D eigenvalue weighted by Gasteiger charge is 2.49. The summed E-state index contributed by atoms with van der Waals surface area (Å²) in [5, 5.41) is 14.0. The first-order valence-corrected chi connectivity index (χ1v) is 22.9. The summed E-state index contributed by atoms with van der Waals surface area (Å²) >= 11 is 6.28. The number of pyridine rings is 1. The Kier molecular flexibility index (Phi) is 12.2. The largest absolute Gasteiger partial charge is 0.487 e. The molecule has 4 heterocycles. The molecule has 3 N–H and O–H groups in total. The first kappa shape index (κ1) is 43.3. The molecule has 14 nitrogen and oxygen atoms in total. The van der Waals surface area contributed by atoms with Gasteiger partial charge in [-0.2, -0.15) is 12.3 Å². The Labute approximate surface area is 367 Å². The van der Waals surface area contributed by atoms with Crippen LogP contribution in [0.1, 0.15) is 61.9 Å². The van der Waals surface area contributed by atoms with Crippen LogP contribution < -0.4 is 19.1 Å². The molecular weight excluding hydrogens is 830 g/mol. The molecule has 2 fully saturated rings. The summed E-state index contributed by atoms with van der Waals surface area (Å²) in [6.07, 6.45) is 7.91. The Morgan fingerprint density at radius 3 is 2.47 bits per heavy atom. The van der Waals surface area contributed by atoms with Crippen LogP contribution in [0.2, 0.25) is 5.02 Å². The van der Waals surface area contributed by atoms with Crippen molar-refractivity contribution in [3.05, 3.63) is 117 Å². The molecule has 0 radical (unpaired) electrons. The summed E-state index contributed by atoms with van der Waals surface area (Å²) in [7, 11) is -2.37. The number of halogens is 1. The summed E-state index contributed by atoms with van der Waals surface area (Å²) < 4.78 is 42.5. The minimum absolute atomic E-state index is 0.0270. The van der Waals surface area contributed by atoms with Crippen molar-refractivity contribution in [2.75, 3.05) is 59.5 Å². The van der Waals surface area contributed by atoms with Gasteiger partial charge in [0.05, 0.1) is 23.3 Å². The number of sulfonamides is 1. The third-order valence-corrected chi connectivity index (χ3v) is 15.4. The number of ether oxygens (including phenoxy) is 2. The van der Waals surface area contributed by atoms with Crippen LogP contribution in [0.15, 0.2) is 95.7 Å². The third kappa shape index (κ3) is 8.95. The number of primary amides is 1. The fourth-order valence-electron chi connectivity index (χ4n) is 9.07. The minimum Gasteiger partial charge on any atom is -0.487 e. The third-order valence-electron chi connectivity index (χ3n) is 12.8. The van der Waals surface area contributed by atoms with Gasteiger partial charge in [0.25, 0.3) is 5.91 Å². The predicted molar refractivity (Wildman–Crippen MR) is 241 cm³/mol. The lowest BCUT2D eigenvalue weighted by atomic mass is 9.72. The van der Waals surface area contributed by atoms with Crippen molar-refractivity contribution in [3.8, 4) is 17.2 Å². The van der Waals surface area contributed by atoms with E-state index in [4.69, 9.17) is 26.8 Å². The number of nitrogens with two attached hydrogens (primary N) is 1. The maximum atomic E-state index is 15.4. The number of aromatic nitrogens is 2. The standard InChI is InChI=1S/C46H52ClN7O7S/c1-46(2)16-12-34(40(27-46)32-4-6-35(47)7-5-32)29-52-20-22-54(23-21-52,36-8-10-39(44(48)55)43(25-36)61-37-24-33-13-17-49-45(33)50-28-37)62(58,59)38-9-11-42(41(26-38)53(56)57)60-30-31-14-18-51(3)19-15-31/h4-11,13,17,24-26,28,31H,12,14-16,18-23,27,29-30H2,1-3H3,(H2-,48,49,50,55)/p+1. The number of benzene rings is 3. The van der Waals surface area contributed by atoms with E-state index >= 15 is 8.42 Å². The van der Waals surface area contributed by atoms with Crippen LogP contribution in [0, 0.1) is 21.4 Å². The van der Waals surface area contributed by atoms with E-state index in [1.165, 1.54) is 35.5 Å². The molecular formula is C46H53ClN7O7S+. The lowest BCUT2D eigenvalue weighted by Gasteiger charge is -2.43. The van der Waals surface area contributed by atoms with Crippen LogP contribution in [0.25, 0.3) is 16.6 Å². The Balaban J connectivity index is 1.16. The van der Waals surface area contributed by atoms with Crippen LogP contribution in [0.3, 0.4) is 0 Å². The zero-order valence-corrected chi connectivity index (χ0v) is 36.9. The van der Waals surface area contributed by atoms with Crippen LogP contribution >= 0.6 is 11.6 Å². The van der Waals surface area contributed by atoms with Crippen molar-refractivity contribution < 1.29 is 27.6 Å². The molecule has 2 aromatic heterocycles. The average molecular weight is 883 g/mol. The number of hydrogen-bond donors (Lipinski definition) is 2. The lowest BCUT2D eigenvalue weighted by molar-refractivity contribution is -0.386. The Bertz CT molecular complexity index is 2630. The van der Waals surface area contributed by atoms with Crippen molar-refractivity contribution in [1.82, 2.24) is 23.7 Å². The van der Waals surface area contributed by atoms with Gasteiger partial charge in [0.1, 0.15) is 35.1 Å². The van der Waals surface area contributed by atoms with E-state index in [1.54, 1.807) is 24.4 Å². The fourth-order valence-corrected chi connectivity index (χ4v) is 11.1. The van der Waals surface area contributed by atoms with Gasteiger partial charge >= 0.3 is 15.7 Å². The van der Waals surface area contributed by atoms with Gasteiger partial charge in [0.2, 0.25) is 0 Å². The SMILES string of the molecule is CN1CCC(COc2ccc(S(=O)(=O)[N+]3(c4ccc(C(N)=O)c(Oc5cnc6[nH]ccc6c5)c4)CCN(CC4=C(c5ccc(Cl)cc5)CC(C)(C)CC4)CC3)cc2[N+](=O)[O-])CC1. The van der Waals surface area contributed by atoms with Gasteiger partial charge in [-0.05, 0) is 117 Å². The fraction of sp³-hybridized carbons (Fsp3) is 0.391. The van der Waals surface area contributed by atoms with Crippen molar-refractivity contribution in [2.45, 2.75) is 50.8 Å². The predicted octanol–water partition coefficient (Wildman–Crippen LogP) is 8.41. The van der Waals surface area contributed by atoms with Gasteiger partial charge in [0.15, 0.2) is 11.4 Å². The number of carbonyl (C=O) groups is 1. The highest BCUT2D eigenvalue weighted by atomic mass is 35.5. The first-order valence-electron chi connectivity index (χ1n) is 21.1. The number of H-pyrrole nitrogens is 1. The van der Waals surface area contributed by atoms with E-state index in [0.717, 1.165) is 62.2 Å². The molecule has 326 valence electrons. The smallest absolute Gasteiger partial charge is 0.332 e.